The molecule has 0 radical (unpaired) electrons. The monoisotopic (exact) mass is 360 g/mol. The van der Waals surface area contributed by atoms with Gasteiger partial charge in [0, 0.05) is 36.7 Å². The number of benzene rings is 1. The van der Waals surface area contributed by atoms with Crippen molar-refractivity contribution in [3.8, 4) is 11.3 Å². The van der Waals surface area contributed by atoms with E-state index in [9.17, 15) is 9.90 Å². The van der Waals surface area contributed by atoms with E-state index in [0.29, 0.717) is 19.3 Å². The predicted octanol–water partition coefficient (Wildman–Crippen LogP) is 3.77. The molecule has 4 rings (SSSR count). The van der Waals surface area contributed by atoms with Gasteiger partial charge in [-0.2, -0.15) is 0 Å². The summed E-state index contributed by atoms with van der Waals surface area (Å²) in [6, 6.07) is 16.1. The fourth-order valence-electron chi connectivity index (χ4n) is 3.50. The molecule has 0 amide bonds. The van der Waals surface area contributed by atoms with Crippen LogP contribution in [-0.4, -0.2) is 27.5 Å². The topological polar surface area (TPSA) is 63.1 Å². The molecule has 138 valence electrons. The number of aromatic nitrogens is 2. The van der Waals surface area contributed by atoms with Crippen molar-refractivity contribution in [2.45, 2.75) is 32.6 Å². The number of Topliss-reactive ketones (excluding diaryl/α,β-unsaturated/α-hetero) is 1. The van der Waals surface area contributed by atoms with Crippen LogP contribution < -0.4 is 0 Å². The van der Waals surface area contributed by atoms with Gasteiger partial charge in [-0.1, -0.05) is 43.8 Å². The second-order valence-electron chi connectivity index (χ2n) is 6.77. The first kappa shape index (κ1) is 18.9. The Hall–Kier alpha value is -2.85. The molecule has 27 heavy (non-hydrogen) atoms. The van der Waals surface area contributed by atoms with Crippen LogP contribution in [0.2, 0.25) is 0 Å². The van der Waals surface area contributed by atoms with Gasteiger partial charge in [0.15, 0.2) is 0 Å². The lowest BCUT2D eigenvalue weighted by Crippen LogP contribution is -2.08. The molecule has 0 saturated carbocycles. The quantitative estimate of drug-likeness (QED) is 0.752. The Bertz CT molecular complexity index is 938. The lowest BCUT2D eigenvalue weighted by molar-refractivity contribution is -0.117. The van der Waals surface area contributed by atoms with Crippen LogP contribution in [0.15, 0.2) is 60.9 Å². The van der Waals surface area contributed by atoms with Crippen molar-refractivity contribution in [2.75, 3.05) is 6.61 Å². The molecule has 1 atom stereocenters. The molecule has 0 unspecified atom stereocenters. The van der Waals surface area contributed by atoms with E-state index in [1.165, 1.54) is 0 Å². The highest BCUT2D eigenvalue weighted by atomic mass is 16.3. The van der Waals surface area contributed by atoms with Crippen molar-refractivity contribution >= 4 is 5.78 Å². The van der Waals surface area contributed by atoms with Crippen LogP contribution in [0.1, 0.15) is 35.7 Å². The van der Waals surface area contributed by atoms with Crippen LogP contribution in [-0.2, 0) is 24.1 Å². The molecule has 0 spiro atoms. The first-order valence-electron chi connectivity index (χ1n) is 8.83. The SMILES string of the molecule is C.O=C1Cc2ccc(-c3cncc(C[C@@H](CO)c4ccccc4)c3)nc2C1. The first-order chi connectivity index (χ1) is 12.7. The molecule has 1 N–H and O–H groups in total. The Labute approximate surface area is 159 Å². The average molecular weight is 360 g/mol. The van der Waals surface area contributed by atoms with Gasteiger partial charge in [0.25, 0.3) is 0 Å². The van der Waals surface area contributed by atoms with E-state index in [1.54, 1.807) is 6.20 Å². The van der Waals surface area contributed by atoms with E-state index in [-0.39, 0.29) is 25.7 Å². The number of carbonyl (C=O) groups excluding carboxylic acids is 1. The number of ketones is 1. The normalized spacial score (nSPS) is 13.7. The van der Waals surface area contributed by atoms with Crippen molar-refractivity contribution in [1.29, 1.82) is 0 Å². The van der Waals surface area contributed by atoms with Gasteiger partial charge in [-0.15, -0.1) is 0 Å². The molecule has 1 aliphatic rings. The summed E-state index contributed by atoms with van der Waals surface area (Å²) in [4.78, 5) is 20.6. The van der Waals surface area contributed by atoms with Crippen molar-refractivity contribution in [3.63, 3.8) is 0 Å². The van der Waals surface area contributed by atoms with Crippen molar-refractivity contribution in [3.05, 3.63) is 83.3 Å². The number of carbonyl (C=O) groups is 1. The lowest BCUT2D eigenvalue weighted by atomic mass is 9.93. The number of aliphatic hydroxyl groups excluding tert-OH is 1. The van der Waals surface area contributed by atoms with Gasteiger partial charge < -0.3 is 5.11 Å². The summed E-state index contributed by atoms with van der Waals surface area (Å²) < 4.78 is 0. The highest BCUT2D eigenvalue weighted by Crippen LogP contribution is 2.26. The second kappa shape index (κ2) is 8.23. The summed E-state index contributed by atoms with van der Waals surface area (Å²) in [5, 5.41) is 9.79. The average Bonchev–Trinajstić information content (AvgIpc) is 3.06. The highest BCUT2D eigenvalue weighted by Gasteiger charge is 2.20. The van der Waals surface area contributed by atoms with E-state index in [4.69, 9.17) is 0 Å². The van der Waals surface area contributed by atoms with Crippen LogP contribution in [0.3, 0.4) is 0 Å². The Kier molecular flexibility index (Phi) is 5.77. The fourth-order valence-corrected chi connectivity index (χ4v) is 3.50. The third-order valence-corrected chi connectivity index (χ3v) is 4.88. The molecule has 4 heteroatoms. The summed E-state index contributed by atoms with van der Waals surface area (Å²) in [5.41, 5.74) is 5.88. The Morgan fingerprint density at radius 3 is 2.63 bits per heavy atom. The zero-order valence-corrected chi connectivity index (χ0v) is 14.4. The molecular formula is C23H24N2O2. The Morgan fingerprint density at radius 1 is 1.04 bits per heavy atom. The van der Waals surface area contributed by atoms with Gasteiger partial charge in [0.1, 0.15) is 5.78 Å². The second-order valence-corrected chi connectivity index (χ2v) is 6.77. The zero-order valence-electron chi connectivity index (χ0n) is 14.4. The standard InChI is InChI=1S/C22H20N2O2.CH4/c25-14-19(16-4-2-1-3-5-16)9-15-8-18(13-23-12-15)21-7-6-17-10-20(26)11-22(17)24-21;/h1-8,12-13,19,25H,9-11,14H2;1H4/t19-;/m0./s1. The van der Waals surface area contributed by atoms with Crippen LogP contribution in [0.4, 0.5) is 0 Å². The molecule has 3 aromatic rings. The molecule has 0 saturated heterocycles. The number of nitrogens with zero attached hydrogens (tertiary/aromatic N) is 2. The summed E-state index contributed by atoms with van der Waals surface area (Å²) in [6.45, 7) is 0.0907. The third kappa shape index (κ3) is 4.12. The van der Waals surface area contributed by atoms with Gasteiger partial charge in [0.05, 0.1) is 18.0 Å². The van der Waals surface area contributed by atoms with Crippen molar-refractivity contribution in [2.24, 2.45) is 0 Å². The van der Waals surface area contributed by atoms with Crippen LogP contribution in [0.5, 0.6) is 0 Å². The molecule has 2 aromatic heterocycles. The largest absolute Gasteiger partial charge is 0.396 e. The molecule has 0 bridgehead atoms. The van der Waals surface area contributed by atoms with E-state index in [0.717, 1.165) is 33.6 Å². The number of rotatable bonds is 5. The Balaban J connectivity index is 0.00000210. The van der Waals surface area contributed by atoms with E-state index < -0.39 is 0 Å². The van der Waals surface area contributed by atoms with Crippen molar-refractivity contribution in [1.82, 2.24) is 9.97 Å². The van der Waals surface area contributed by atoms with E-state index in [2.05, 4.69) is 16.0 Å². The molecule has 0 aliphatic heterocycles. The predicted molar refractivity (Wildman–Crippen MR) is 107 cm³/mol. The number of pyridine rings is 2. The zero-order chi connectivity index (χ0) is 17.9. The molecule has 1 aliphatic carbocycles. The lowest BCUT2D eigenvalue weighted by Gasteiger charge is -2.15. The molecule has 0 fully saturated rings. The van der Waals surface area contributed by atoms with Crippen LogP contribution in [0.25, 0.3) is 11.3 Å². The molecule has 4 nitrogen and oxygen atoms in total. The van der Waals surface area contributed by atoms with Gasteiger partial charge in [-0.05, 0) is 35.2 Å². The molecular weight excluding hydrogens is 336 g/mol. The van der Waals surface area contributed by atoms with Crippen LogP contribution >= 0.6 is 0 Å². The van der Waals surface area contributed by atoms with Gasteiger partial charge in [-0.25, -0.2) is 0 Å². The minimum atomic E-state index is 0. The summed E-state index contributed by atoms with van der Waals surface area (Å²) in [5.74, 6) is 0.268. The maximum Gasteiger partial charge on any atom is 0.143 e. The first-order valence-corrected chi connectivity index (χ1v) is 8.83. The number of fused-ring (bicyclic) bond motifs is 1. The maximum absolute atomic E-state index is 11.6. The van der Waals surface area contributed by atoms with Gasteiger partial charge in [0.2, 0.25) is 0 Å². The number of hydrogen-bond donors (Lipinski definition) is 1. The Morgan fingerprint density at radius 2 is 1.85 bits per heavy atom. The van der Waals surface area contributed by atoms with Gasteiger partial charge in [-0.3, -0.25) is 14.8 Å². The number of aliphatic hydroxyl groups is 1. The summed E-state index contributed by atoms with van der Waals surface area (Å²) in [6.07, 6.45) is 5.27. The molecule has 2 heterocycles. The van der Waals surface area contributed by atoms with E-state index in [1.807, 2.05) is 48.7 Å². The minimum Gasteiger partial charge on any atom is -0.396 e. The number of hydrogen-bond acceptors (Lipinski definition) is 4. The minimum absolute atomic E-state index is 0. The van der Waals surface area contributed by atoms with E-state index >= 15 is 0 Å². The fraction of sp³-hybridized carbons (Fsp3) is 0.261. The van der Waals surface area contributed by atoms with Crippen LogP contribution in [0, 0.1) is 0 Å². The molecule has 1 aromatic carbocycles. The summed E-state index contributed by atoms with van der Waals surface area (Å²) >= 11 is 0. The third-order valence-electron chi connectivity index (χ3n) is 4.88. The highest BCUT2D eigenvalue weighted by molar-refractivity contribution is 5.87. The van der Waals surface area contributed by atoms with Crippen molar-refractivity contribution < 1.29 is 9.90 Å². The van der Waals surface area contributed by atoms with Gasteiger partial charge >= 0.3 is 0 Å². The maximum atomic E-state index is 11.6. The smallest absolute Gasteiger partial charge is 0.143 e. The summed E-state index contributed by atoms with van der Waals surface area (Å²) in [7, 11) is 0.